The lowest BCUT2D eigenvalue weighted by molar-refractivity contribution is 0.0665. The van der Waals surface area contributed by atoms with Gasteiger partial charge in [-0.25, -0.2) is 4.98 Å². The normalized spacial score (nSPS) is 12.9. The predicted molar refractivity (Wildman–Crippen MR) is 63.0 cm³/mol. The molecule has 0 radical (unpaired) electrons. The number of aromatic nitrogens is 3. The molecule has 0 fully saturated rings. The minimum Gasteiger partial charge on any atom is -0.302 e. The van der Waals surface area contributed by atoms with E-state index >= 15 is 0 Å². The number of nitrogens with zero attached hydrogens (tertiary/aromatic N) is 3. The second kappa shape index (κ2) is 5.68. The third-order valence-corrected chi connectivity index (χ3v) is 2.66. The lowest BCUT2D eigenvalue weighted by Gasteiger charge is -2.13. The molecule has 0 bridgehead atoms. The molecule has 0 aliphatic rings. The van der Waals surface area contributed by atoms with E-state index in [0.29, 0.717) is 5.82 Å². The van der Waals surface area contributed by atoms with Crippen molar-refractivity contribution in [2.24, 2.45) is 0 Å². The Morgan fingerprint density at radius 1 is 1.28 bits per heavy atom. The number of pyridine rings is 1. The van der Waals surface area contributed by atoms with E-state index in [2.05, 4.69) is 15.3 Å². The molecule has 4 nitrogen and oxygen atoms in total. The van der Waals surface area contributed by atoms with Crippen LogP contribution in [0.4, 0.5) is 8.78 Å². The minimum absolute atomic E-state index is 0.0194. The molecular formula is C12H14F2N4. The molecule has 0 saturated carbocycles. The van der Waals surface area contributed by atoms with Crippen molar-refractivity contribution in [3.63, 3.8) is 0 Å². The summed E-state index contributed by atoms with van der Waals surface area (Å²) in [5.41, 5.74) is 0.868. The Kier molecular flexibility index (Phi) is 3.99. The molecule has 0 spiro atoms. The zero-order valence-corrected chi connectivity index (χ0v) is 9.92. The van der Waals surface area contributed by atoms with Gasteiger partial charge in [0.05, 0.1) is 12.2 Å². The van der Waals surface area contributed by atoms with Gasteiger partial charge in [0.25, 0.3) is 0 Å². The fraction of sp³-hybridized carbons (Fsp3) is 0.333. The molecule has 0 aliphatic heterocycles. The minimum atomic E-state index is -2.56. The first kappa shape index (κ1) is 12.6. The molecule has 2 aromatic rings. The summed E-state index contributed by atoms with van der Waals surface area (Å²) < 4.78 is 26.0. The second-order valence-corrected chi connectivity index (χ2v) is 3.89. The summed E-state index contributed by atoms with van der Waals surface area (Å²) in [5, 5.41) is 3.12. The van der Waals surface area contributed by atoms with Crippen molar-refractivity contribution in [2.45, 2.75) is 26.1 Å². The maximum Gasteiger partial charge on any atom is 0.319 e. The van der Waals surface area contributed by atoms with Crippen molar-refractivity contribution in [2.75, 3.05) is 0 Å². The van der Waals surface area contributed by atoms with Crippen LogP contribution in [0.15, 0.2) is 36.8 Å². The molecule has 6 heteroatoms. The van der Waals surface area contributed by atoms with Crippen LogP contribution in [0.1, 0.15) is 31.0 Å². The van der Waals surface area contributed by atoms with Crippen LogP contribution in [0.3, 0.4) is 0 Å². The fourth-order valence-corrected chi connectivity index (χ4v) is 1.64. The Hall–Kier alpha value is -1.82. The van der Waals surface area contributed by atoms with E-state index in [1.54, 1.807) is 6.20 Å². The van der Waals surface area contributed by atoms with Crippen LogP contribution in [0.5, 0.6) is 0 Å². The molecule has 0 saturated heterocycles. The Morgan fingerprint density at radius 3 is 2.78 bits per heavy atom. The van der Waals surface area contributed by atoms with Gasteiger partial charge in [-0.2, -0.15) is 8.78 Å². The molecule has 0 amide bonds. The Balaban J connectivity index is 1.97. The third-order valence-electron chi connectivity index (χ3n) is 2.66. The molecule has 0 aliphatic carbocycles. The number of imidazole rings is 1. The molecule has 2 rings (SSSR count). The van der Waals surface area contributed by atoms with Crippen molar-refractivity contribution in [3.05, 3.63) is 48.3 Å². The molecular weight excluding hydrogens is 238 g/mol. The van der Waals surface area contributed by atoms with Crippen LogP contribution in [-0.2, 0) is 6.54 Å². The average molecular weight is 252 g/mol. The highest BCUT2D eigenvalue weighted by molar-refractivity contribution is 5.07. The van der Waals surface area contributed by atoms with E-state index in [-0.39, 0.29) is 12.6 Å². The monoisotopic (exact) mass is 252 g/mol. The second-order valence-electron chi connectivity index (χ2n) is 3.89. The van der Waals surface area contributed by atoms with E-state index in [0.717, 1.165) is 10.3 Å². The quantitative estimate of drug-likeness (QED) is 0.889. The topological polar surface area (TPSA) is 42.7 Å². The largest absolute Gasteiger partial charge is 0.319 e. The van der Waals surface area contributed by atoms with Crippen molar-refractivity contribution in [1.29, 1.82) is 0 Å². The SMILES string of the molecule is C[C@H](NCc1nccn1C(F)F)c1ccccn1. The van der Waals surface area contributed by atoms with E-state index in [9.17, 15) is 8.78 Å². The predicted octanol–water partition coefficient (Wildman–Crippen LogP) is 2.52. The van der Waals surface area contributed by atoms with Crippen LogP contribution in [0, 0.1) is 0 Å². The van der Waals surface area contributed by atoms with Gasteiger partial charge in [0.1, 0.15) is 5.82 Å². The highest BCUT2D eigenvalue weighted by atomic mass is 19.3. The average Bonchev–Trinajstić information content (AvgIpc) is 2.85. The number of rotatable bonds is 5. The van der Waals surface area contributed by atoms with Gasteiger partial charge in [-0.05, 0) is 19.1 Å². The van der Waals surface area contributed by atoms with Gasteiger partial charge < -0.3 is 5.32 Å². The molecule has 0 aromatic carbocycles. The Bertz CT molecular complexity index is 484. The van der Waals surface area contributed by atoms with Gasteiger partial charge >= 0.3 is 6.55 Å². The Labute approximate surface area is 104 Å². The summed E-state index contributed by atoms with van der Waals surface area (Å²) in [7, 11) is 0. The molecule has 0 unspecified atom stereocenters. The van der Waals surface area contributed by atoms with Crippen molar-refractivity contribution in [1.82, 2.24) is 19.9 Å². The molecule has 2 heterocycles. The summed E-state index contributed by atoms with van der Waals surface area (Å²) in [6, 6.07) is 5.59. The van der Waals surface area contributed by atoms with Crippen LogP contribution in [0.2, 0.25) is 0 Å². The maximum absolute atomic E-state index is 12.6. The van der Waals surface area contributed by atoms with Crippen molar-refractivity contribution < 1.29 is 8.78 Å². The first-order valence-corrected chi connectivity index (χ1v) is 5.62. The number of alkyl halides is 2. The summed E-state index contributed by atoms with van der Waals surface area (Å²) in [6.07, 6.45) is 4.34. The summed E-state index contributed by atoms with van der Waals surface area (Å²) in [5.74, 6) is 0.313. The zero-order valence-electron chi connectivity index (χ0n) is 9.92. The number of nitrogens with one attached hydrogen (secondary N) is 1. The van der Waals surface area contributed by atoms with Gasteiger partial charge in [0.15, 0.2) is 0 Å². The van der Waals surface area contributed by atoms with Crippen LogP contribution in [0.25, 0.3) is 0 Å². The van der Waals surface area contributed by atoms with E-state index < -0.39 is 6.55 Å². The van der Waals surface area contributed by atoms with Crippen LogP contribution < -0.4 is 5.32 Å². The summed E-state index contributed by atoms with van der Waals surface area (Å²) >= 11 is 0. The molecule has 96 valence electrons. The van der Waals surface area contributed by atoms with Gasteiger partial charge in [-0.3, -0.25) is 9.55 Å². The number of hydrogen-bond acceptors (Lipinski definition) is 3. The van der Waals surface area contributed by atoms with Gasteiger partial charge in [0.2, 0.25) is 0 Å². The van der Waals surface area contributed by atoms with Gasteiger partial charge in [-0.15, -0.1) is 0 Å². The smallest absolute Gasteiger partial charge is 0.302 e. The lowest BCUT2D eigenvalue weighted by Crippen LogP contribution is -2.21. The highest BCUT2D eigenvalue weighted by Gasteiger charge is 2.12. The summed E-state index contributed by atoms with van der Waals surface area (Å²) in [4.78, 5) is 8.10. The standard InChI is InChI=1S/C12H14F2N4/c1-9(10-4-2-3-5-15-10)17-8-11-16-6-7-18(11)12(13)14/h2-7,9,12,17H,8H2,1H3/t9-/m0/s1. The van der Waals surface area contributed by atoms with Crippen LogP contribution in [-0.4, -0.2) is 14.5 Å². The number of halogens is 2. The fourth-order valence-electron chi connectivity index (χ4n) is 1.64. The van der Waals surface area contributed by atoms with Gasteiger partial charge in [0, 0.05) is 24.6 Å². The first-order chi connectivity index (χ1) is 8.68. The van der Waals surface area contributed by atoms with E-state index in [1.807, 2.05) is 25.1 Å². The molecule has 2 aromatic heterocycles. The molecule has 1 N–H and O–H groups in total. The van der Waals surface area contributed by atoms with E-state index in [4.69, 9.17) is 0 Å². The summed E-state index contributed by atoms with van der Waals surface area (Å²) in [6.45, 7) is -0.359. The maximum atomic E-state index is 12.6. The first-order valence-electron chi connectivity index (χ1n) is 5.62. The van der Waals surface area contributed by atoms with Crippen LogP contribution >= 0.6 is 0 Å². The molecule has 18 heavy (non-hydrogen) atoms. The Morgan fingerprint density at radius 2 is 2.11 bits per heavy atom. The molecule has 1 atom stereocenters. The zero-order chi connectivity index (χ0) is 13.0. The van der Waals surface area contributed by atoms with E-state index in [1.165, 1.54) is 12.4 Å². The highest BCUT2D eigenvalue weighted by Crippen LogP contribution is 2.14. The number of hydrogen-bond donors (Lipinski definition) is 1. The van der Waals surface area contributed by atoms with Gasteiger partial charge in [-0.1, -0.05) is 6.07 Å². The lowest BCUT2D eigenvalue weighted by atomic mass is 10.2. The third kappa shape index (κ3) is 2.89. The van der Waals surface area contributed by atoms with Crippen molar-refractivity contribution in [3.8, 4) is 0 Å². The van der Waals surface area contributed by atoms with Crippen molar-refractivity contribution >= 4 is 0 Å².